The molecule has 0 radical (unpaired) electrons. The van der Waals surface area contributed by atoms with E-state index in [1.165, 1.54) is 24.3 Å². The van der Waals surface area contributed by atoms with Gasteiger partial charge in [0.2, 0.25) is 0 Å². The summed E-state index contributed by atoms with van der Waals surface area (Å²) in [6.07, 6.45) is 14.1. The summed E-state index contributed by atoms with van der Waals surface area (Å²) >= 11 is 0. The Bertz CT molecular complexity index is 2460. The quantitative estimate of drug-likeness (QED) is 0.203. The lowest BCUT2D eigenvalue weighted by Crippen LogP contribution is -2.65. The van der Waals surface area contributed by atoms with E-state index >= 15 is 8.78 Å². The number of phenols is 1. The van der Waals surface area contributed by atoms with Gasteiger partial charge in [-0.15, -0.1) is 6.42 Å². The van der Waals surface area contributed by atoms with Crippen LogP contribution in [-0.4, -0.2) is 109 Å². The molecule has 0 unspecified atom stereocenters. The highest BCUT2D eigenvalue weighted by Crippen LogP contribution is 2.50. The van der Waals surface area contributed by atoms with Gasteiger partial charge in [0.15, 0.2) is 5.82 Å². The van der Waals surface area contributed by atoms with Crippen LogP contribution in [0, 0.1) is 24.0 Å². The van der Waals surface area contributed by atoms with Crippen molar-refractivity contribution in [2.24, 2.45) is 7.05 Å². The van der Waals surface area contributed by atoms with Crippen molar-refractivity contribution >= 4 is 38.4 Å². The largest absolute Gasteiger partial charge is 0.508 e. The molecule has 11 rings (SSSR count). The van der Waals surface area contributed by atoms with E-state index in [1.807, 2.05) is 6.20 Å². The van der Waals surface area contributed by atoms with Crippen LogP contribution in [0.5, 0.6) is 11.8 Å². The minimum Gasteiger partial charge on any atom is -0.508 e. The van der Waals surface area contributed by atoms with Gasteiger partial charge in [-0.05, 0) is 80.6 Å². The topological polar surface area (TPSA) is 92.0 Å². The number of benzene rings is 3. The molecule has 4 atom stereocenters. The van der Waals surface area contributed by atoms with Crippen LogP contribution in [0.4, 0.5) is 19.0 Å². The lowest BCUT2D eigenvalue weighted by molar-refractivity contribution is -0.218. The maximum Gasteiger partial charge on any atom is 0.319 e. The van der Waals surface area contributed by atoms with Crippen molar-refractivity contribution in [3.05, 3.63) is 47.7 Å². The fourth-order valence-corrected chi connectivity index (χ4v) is 11.2. The second-order valence-electron chi connectivity index (χ2n) is 16.9. The van der Waals surface area contributed by atoms with E-state index < -0.39 is 23.3 Å². The third-order valence-electron chi connectivity index (χ3n) is 13.8. The van der Waals surface area contributed by atoms with Crippen molar-refractivity contribution in [2.45, 2.75) is 86.8 Å². The molecule has 6 aliphatic rings. The van der Waals surface area contributed by atoms with Gasteiger partial charge in [0.05, 0.1) is 28.7 Å². The van der Waals surface area contributed by atoms with Crippen molar-refractivity contribution in [3.63, 3.8) is 0 Å². The monoisotopic (exact) mass is 749 g/mol. The minimum atomic E-state index is -0.931. The predicted molar refractivity (Wildman–Crippen MR) is 202 cm³/mol. The van der Waals surface area contributed by atoms with Gasteiger partial charge >= 0.3 is 6.01 Å². The van der Waals surface area contributed by atoms with E-state index in [-0.39, 0.29) is 63.6 Å². The van der Waals surface area contributed by atoms with Gasteiger partial charge in [-0.3, -0.25) is 14.5 Å². The molecule has 10 nitrogen and oxygen atoms in total. The summed E-state index contributed by atoms with van der Waals surface area (Å²) in [5.74, 6) is 1.58. The van der Waals surface area contributed by atoms with Gasteiger partial charge in [-0.2, -0.15) is 15.1 Å². The number of terminal acetylenes is 1. The van der Waals surface area contributed by atoms with Crippen LogP contribution in [0.2, 0.25) is 0 Å². The number of fused-ring (bicyclic) bond motifs is 7. The summed E-state index contributed by atoms with van der Waals surface area (Å²) in [5, 5.41) is 17.6. The highest BCUT2D eigenvalue weighted by atomic mass is 19.1. The van der Waals surface area contributed by atoms with Crippen molar-refractivity contribution in [2.75, 3.05) is 44.3 Å². The van der Waals surface area contributed by atoms with E-state index in [4.69, 9.17) is 31.0 Å². The van der Waals surface area contributed by atoms with E-state index in [1.54, 1.807) is 11.7 Å². The van der Waals surface area contributed by atoms with Gasteiger partial charge in [0.1, 0.15) is 41.2 Å². The van der Waals surface area contributed by atoms with Crippen LogP contribution >= 0.6 is 0 Å². The van der Waals surface area contributed by atoms with Crippen LogP contribution in [0.3, 0.4) is 0 Å². The van der Waals surface area contributed by atoms with Crippen molar-refractivity contribution in [3.8, 4) is 35.2 Å². The number of phenolic OH excluding ortho intramolecular Hbond substituents is 1. The molecule has 6 fully saturated rings. The maximum absolute atomic E-state index is 17.8. The van der Waals surface area contributed by atoms with E-state index in [0.717, 1.165) is 71.2 Å². The molecule has 5 aromatic rings. The van der Waals surface area contributed by atoms with Crippen molar-refractivity contribution < 1.29 is 27.8 Å². The Labute approximate surface area is 316 Å². The number of halogens is 3. The number of hydrogen-bond donors (Lipinski definition) is 1. The molecule has 1 aliphatic carbocycles. The van der Waals surface area contributed by atoms with Crippen LogP contribution in [0.1, 0.15) is 56.9 Å². The van der Waals surface area contributed by atoms with Crippen LogP contribution < -0.4 is 9.64 Å². The summed E-state index contributed by atoms with van der Waals surface area (Å²) in [7, 11) is 1.77. The number of piperazine rings is 1. The summed E-state index contributed by atoms with van der Waals surface area (Å²) in [6, 6.07) is 6.45. The van der Waals surface area contributed by atoms with Gasteiger partial charge in [-0.1, -0.05) is 12.0 Å². The van der Waals surface area contributed by atoms with Crippen LogP contribution in [0.15, 0.2) is 30.5 Å². The smallest absolute Gasteiger partial charge is 0.319 e. The average Bonchev–Trinajstić information content (AvgIpc) is 3.85. The third-order valence-corrected chi connectivity index (χ3v) is 13.8. The molecule has 5 saturated heterocycles. The molecular weight excluding hydrogens is 708 g/mol. The first kappa shape index (κ1) is 33.7. The Balaban J connectivity index is 1.09. The molecule has 1 N–H and O–H groups in total. The van der Waals surface area contributed by atoms with Gasteiger partial charge in [-0.25, -0.2) is 13.2 Å². The molecule has 55 heavy (non-hydrogen) atoms. The number of anilines is 1. The Hall–Kier alpha value is -4.64. The Morgan fingerprint density at radius 2 is 1.82 bits per heavy atom. The number of aryl methyl sites for hydroxylation is 1. The first-order valence-electron chi connectivity index (χ1n) is 19.6. The summed E-state index contributed by atoms with van der Waals surface area (Å²) in [5.41, 5.74) is 0.185. The lowest BCUT2D eigenvalue weighted by atomic mass is 9.70. The molecule has 13 heteroatoms. The van der Waals surface area contributed by atoms with Gasteiger partial charge < -0.3 is 19.5 Å². The lowest BCUT2D eigenvalue weighted by Gasteiger charge is -2.58. The fourth-order valence-electron chi connectivity index (χ4n) is 11.2. The normalized spacial score (nSPS) is 30.3. The van der Waals surface area contributed by atoms with Crippen LogP contribution in [-0.2, 0) is 11.8 Å². The number of nitrogens with zero attached hydrogens (tertiary/aromatic N) is 7. The van der Waals surface area contributed by atoms with Gasteiger partial charge in [0, 0.05) is 73.8 Å². The zero-order valence-electron chi connectivity index (χ0n) is 30.7. The molecule has 5 aliphatic heterocycles. The highest BCUT2D eigenvalue weighted by molar-refractivity contribution is 6.18. The highest BCUT2D eigenvalue weighted by Gasteiger charge is 2.54. The number of aromatic nitrogens is 4. The fraction of sp³-hybridized carbons (Fsp3) is 0.500. The molecule has 284 valence electrons. The third kappa shape index (κ3) is 4.96. The molecule has 2 bridgehead atoms. The van der Waals surface area contributed by atoms with Crippen LogP contribution in [0.25, 0.3) is 43.7 Å². The SMILES string of the molecule is C#Cc1c(F)ccc2cc(O)cc(-c3c(F)c4nc(OC[C@@]56CCCN5C[C@H](F)C6)nc(N5[C@@H]6CC[C@H]5CN(C5CC7(CCO7)C5)C6)c4c4cn(C)nc34)c12. The van der Waals surface area contributed by atoms with Crippen molar-refractivity contribution in [1.29, 1.82) is 0 Å². The second kappa shape index (κ2) is 11.9. The second-order valence-corrected chi connectivity index (χ2v) is 16.9. The van der Waals surface area contributed by atoms with E-state index in [2.05, 4.69) is 20.6 Å². The molecular formula is C42H42F3N7O3. The van der Waals surface area contributed by atoms with Gasteiger partial charge in [0.25, 0.3) is 0 Å². The number of ether oxygens (including phenoxy) is 2. The Morgan fingerprint density at radius 3 is 2.56 bits per heavy atom. The first-order valence-corrected chi connectivity index (χ1v) is 19.6. The van der Waals surface area contributed by atoms with Crippen molar-refractivity contribution in [1.82, 2.24) is 29.5 Å². The molecule has 0 amide bonds. The first-order chi connectivity index (χ1) is 26.6. The zero-order chi connectivity index (χ0) is 37.4. The molecule has 1 saturated carbocycles. The summed E-state index contributed by atoms with van der Waals surface area (Å²) in [6.45, 7) is 3.96. The molecule has 3 aromatic carbocycles. The number of alkyl halides is 1. The summed E-state index contributed by atoms with van der Waals surface area (Å²) < 4.78 is 62.0. The standard InChI is InChI=1S/C42H42F3N7O3/c1-3-29-32(44)8-5-23-13-28(53)14-30(33(23)29)34-36(45)38-35(31-21-49(2)48-37(31)34)39(47-40(46-38)54-22-41-9-4-11-51(41)18-24(43)15-41)52-25-6-7-26(52)20-50(19-25)27-16-42(17-27)10-12-55-42/h1,5,8,13-14,21,24-27,53H,4,6-7,9-12,15-20,22H2,2H3/t24-,25-,26+,27?,41+,42?/m1/s1. The number of likely N-dealkylation sites (tertiary alicyclic amines) is 1. The Kier molecular flexibility index (Phi) is 7.31. The molecule has 1 spiro atoms. The molecule has 7 heterocycles. The number of aromatic hydroxyl groups is 1. The van der Waals surface area contributed by atoms with E-state index in [9.17, 15) is 9.50 Å². The maximum atomic E-state index is 17.8. The zero-order valence-corrected chi connectivity index (χ0v) is 30.7. The number of rotatable bonds is 6. The predicted octanol–water partition coefficient (Wildman–Crippen LogP) is 6.23. The minimum absolute atomic E-state index is 0.0279. The Morgan fingerprint density at radius 1 is 1.02 bits per heavy atom. The number of hydrogen-bond acceptors (Lipinski definition) is 9. The van der Waals surface area contributed by atoms with E-state index in [0.29, 0.717) is 46.5 Å². The average molecular weight is 750 g/mol. The molecule has 2 aromatic heterocycles. The summed E-state index contributed by atoms with van der Waals surface area (Å²) in [4.78, 5) is 17.1.